The first kappa shape index (κ1) is 19.1. The van der Waals surface area contributed by atoms with E-state index in [4.69, 9.17) is 28.3 Å². The molecule has 0 heterocycles. The molecular formula is C15H12BrCl2NO4S. The van der Waals surface area contributed by atoms with Gasteiger partial charge < -0.3 is 5.11 Å². The van der Waals surface area contributed by atoms with Gasteiger partial charge >= 0.3 is 5.97 Å². The van der Waals surface area contributed by atoms with Crippen LogP contribution in [0.4, 0.5) is 5.69 Å². The zero-order valence-corrected chi connectivity index (χ0v) is 16.0. The first-order valence-electron chi connectivity index (χ1n) is 6.67. The summed E-state index contributed by atoms with van der Waals surface area (Å²) in [4.78, 5) is 10.8. The molecule has 0 fully saturated rings. The fourth-order valence-corrected chi connectivity index (χ4v) is 4.48. The lowest BCUT2D eigenvalue weighted by Crippen LogP contribution is -2.33. The van der Waals surface area contributed by atoms with E-state index < -0.39 is 16.0 Å². The summed E-state index contributed by atoms with van der Waals surface area (Å²) in [5, 5.41) is 9.25. The van der Waals surface area contributed by atoms with Gasteiger partial charge in [0.15, 0.2) is 0 Å². The molecule has 0 amide bonds. The third-order valence-corrected chi connectivity index (χ3v) is 6.35. The molecule has 9 heteroatoms. The van der Waals surface area contributed by atoms with Crippen LogP contribution in [0.5, 0.6) is 0 Å². The van der Waals surface area contributed by atoms with E-state index in [-0.39, 0.29) is 27.9 Å². The Balaban J connectivity index is 2.54. The highest BCUT2D eigenvalue weighted by atomic mass is 79.9. The van der Waals surface area contributed by atoms with Crippen molar-refractivity contribution in [2.45, 2.75) is 11.3 Å². The van der Waals surface area contributed by atoms with Crippen molar-refractivity contribution in [3.05, 3.63) is 57.0 Å². The number of sulfonamides is 1. The highest BCUT2D eigenvalue weighted by molar-refractivity contribution is 9.10. The smallest absolute Gasteiger partial charge is 0.305 e. The summed E-state index contributed by atoms with van der Waals surface area (Å²) in [6.07, 6.45) is -0.345. The van der Waals surface area contributed by atoms with Crippen LogP contribution in [0.15, 0.2) is 51.8 Å². The van der Waals surface area contributed by atoms with Gasteiger partial charge in [-0.25, -0.2) is 8.42 Å². The van der Waals surface area contributed by atoms with Gasteiger partial charge in [-0.15, -0.1) is 0 Å². The second-order valence-corrected chi connectivity index (χ2v) is 8.28. The van der Waals surface area contributed by atoms with E-state index >= 15 is 0 Å². The molecule has 5 nitrogen and oxygen atoms in total. The predicted molar refractivity (Wildman–Crippen MR) is 97.4 cm³/mol. The Hall–Kier alpha value is -1.28. The maximum absolute atomic E-state index is 13.0. The van der Waals surface area contributed by atoms with Crippen molar-refractivity contribution in [3.63, 3.8) is 0 Å². The van der Waals surface area contributed by atoms with Crippen LogP contribution in [0.2, 0.25) is 10.0 Å². The number of hydrogen-bond donors (Lipinski definition) is 1. The van der Waals surface area contributed by atoms with Crippen LogP contribution in [0.1, 0.15) is 6.42 Å². The molecule has 0 aliphatic rings. The molecule has 0 aliphatic carbocycles. The monoisotopic (exact) mass is 451 g/mol. The van der Waals surface area contributed by atoms with E-state index in [2.05, 4.69) is 15.9 Å². The summed E-state index contributed by atoms with van der Waals surface area (Å²) in [5.41, 5.74) is 0.338. The van der Waals surface area contributed by atoms with Crippen LogP contribution >= 0.6 is 39.1 Å². The molecule has 2 rings (SSSR count). The van der Waals surface area contributed by atoms with E-state index in [1.807, 2.05) is 0 Å². The molecule has 0 saturated carbocycles. The maximum atomic E-state index is 13.0. The van der Waals surface area contributed by atoms with E-state index in [0.717, 1.165) is 4.31 Å². The Morgan fingerprint density at radius 3 is 2.38 bits per heavy atom. The lowest BCUT2D eigenvalue weighted by molar-refractivity contribution is -0.136. The van der Waals surface area contributed by atoms with Gasteiger partial charge in [-0.1, -0.05) is 35.3 Å². The standard InChI is InChI=1S/C15H12BrCl2NO4S/c16-11-3-1-2-4-14(11)19(8-7-15(20)21)24(22,23)10-5-6-12(17)13(18)9-10/h1-6,9H,7-8H2,(H,20,21). The number of halogens is 3. The zero-order valence-electron chi connectivity index (χ0n) is 12.1. The molecule has 128 valence electrons. The molecule has 0 aromatic heterocycles. The van der Waals surface area contributed by atoms with Gasteiger partial charge in [0.1, 0.15) is 0 Å². The summed E-state index contributed by atoms with van der Waals surface area (Å²) < 4.78 is 27.5. The van der Waals surface area contributed by atoms with Gasteiger partial charge in [0.05, 0.1) is 27.0 Å². The molecule has 0 saturated heterocycles. The number of carboxylic acid groups (broad SMARTS) is 1. The third kappa shape index (κ3) is 4.22. The Morgan fingerprint density at radius 1 is 1.12 bits per heavy atom. The van der Waals surface area contributed by atoms with Gasteiger partial charge in [-0.05, 0) is 46.3 Å². The van der Waals surface area contributed by atoms with Crippen LogP contribution in [0.3, 0.4) is 0 Å². The lowest BCUT2D eigenvalue weighted by Gasteiger charge is -2.25. The van der Waals surface area contributed by atoms with Crippen molar-refractivity contribution in [2.24, 2.45) is 0 Å². The summed E-state index contributed by atoms with van der Waals surface area (Å²) in [5.74, 6) is -1.10. The Bertz CT molecular complexity index is 874. The summed E-state index contributed by atoms with van der Waals surface area (Å²) in [6.45, 7) is -0.222. The van der Waals surface area contributed by atoms with Gasteiger partial charge in [0.2, 0.25) is 0 Å². The number of carbonyl (C=O) groups is 1. The van der Waals surface area contributed by atoms with Gasteiger partial charge in [0, 0.05) is 11.0 Å². The van der Waals surface area contributed by atoms with Crippen molar-refractivity contribution in [3.8, 4) is 0 Å². The normalized spacial score (nSPS) is 11.3. The quantitative estimate of drug-likeness (QED) is 0.703. The highest BCUT2D eigenvalue weighted by Crippen LogP contribution is 2.32. The van der Waals surface area contributed by atoms with Gasteiger partial charge in [-0.2, -0.15) is 0 Å². The van der Waals surface area contributed by atoms with E-state index in [9.17, 15) is 13.2 Å². The van der Waals surface area contributed by atoms with Crippen LogP contribution in [0.25, 0.3) is 0 Å². The first-order valence-corrected chi connectivity index (χ1v) is 9.66. The lowest BCUT2D eigenvalue weighted by atomic mass is 10.3. The molecule has 2 aromatic carbocycles. The number of anilines is 1. The summed E-state index contributed by atoms with van der Waals surface area (Å²) >= 11 is 15.0. The third-order valence-electron chi connectivity index (χ3n) is 3.13. The minimum atomic E-state index is -4.01. The second-order valence-electron chi connectivity index (χ2n) is 4.75. The van der Waals surface area contributed by atoms with Crippen molar-refractivity contribution in [1.82, 2.24) is 0 Å². The largest absolute Gasteiger partial charge is 0.481 e. The van der Waals surface area contributed by atoms with E-state index in [1.54, 1.807) is 24.3 Å². The van der Waals surface area contributed by atoms with Crippen molar-refractivity contribution in [1.29, 1.82) is 0 Å². The van der Waals surface area contributed by atoms with Gasteiger partial charge in [-0.3, -0.25) is 9.10 Å². The van der Waals surface area contributed by atoms with Crippen LogP contribution < -0.4 is 4.31 Å². The first-order chi connectivity index (χ1) is 11.2. The van der Waals surface area contributed by atoms with E-state index in [1.165, 1.54) is 18.2 Å². The van der Waals surface area contributed by atoms with Crippen molar-refractivity contribution in [2.75, 3.05) is 10.8 Å². The van der Waals surface area contributed by atoms with Crippen LogP contribution in [-0.2, 0) is 14.8 Å². The molecule has 0 radical (unpaired) electrons. The SMILES string of the molecule is O=C(O)CCN(c1ccccc1Br)S(=O)(=O)c1ccc(Cl)c(Cl)c1. The topological polar surface area (TPSA) is 74.7 Å². The van der Waals surface area contributed by atoms with Crippen molar-refractivity contribution >= 4 is 60.8 Å². The molecule has 0 atom stereocenters. The number of nitrogens with zero attached hydrogens (tertiary/aromatic N) is 1. The number of para-hydroxylation sites is 1. The molecule has 1 N–H and O–H groups in total. The fourth-order valence-electron chi connectivity index (χ4n) is 1.99. The molecular weight excluding hydrogens is 441 g/mol. The van der Waals surface area contributed by atoms with Crippen molar-refractivity contribution < 1.29 is 18.3 Å². The summed E-state index contributed by atoms with van der Waals surface area (Å²) in [7, 11) is -4.01. The summed E-state index contributed by atoms with van der Waals surface area (Å²) in [6, 6.07) is 10.6. The molecule has 0 unspecified atom stereocenters. The average molecular weight is 453 g/mol. The number of carboxylic acids is 1. The molecule has 2 aromatic rings. The van der Waals surface area contributed by atoms with Crippen LogP contribution in [0, 0.1) is 0 Å². The second kappa shape index (κ2) is 7.74. The number of aliphatic carboxylic acids is 1. The Labute approximate surface area is 158 Å². The predicted octanol–water partition coefficient (Wildman–Crippen LogP) is 4.43. The number of benzene rings is 2. The number of rotatable bonds is 6. The van der Waals surface area contributed by atoms with Crippen LogP contribution in [-0.4, -0.2) is 26.0 Å². The molecule has 0 spiro atoms. The fraction of sp³-hybridized carbons (Fsp3) is 0.133. The van der Waals surface area contributed by atoms with E-state index in [0.29, 0.717) is 10.2 Å². The molecule has 0 aliphatic heterocycles. The maximum Gasteiger partial charge on any atom is 0.305 e. The van der Waals surface area contributed by atoms with Gasteiger partial charge in [0.25, 0.3) is 10.0 Å². The molecule has 0 bridgehead atoms. The minimum Gasteiger partial charge on any atom is -0.481 e. The highest BCUT2D eigenvalue weighted by Gasteiger charge is 2.27. The molecule has 24 heavy (non-hydrogen) atoms. The minimum absolute atomic E-state index is 0.0713. The Morgan fingerprint density at radius 2 is 1.79 bits per heavy atom. The zero-order chi connectivity index (χ0) is 17.9. The Kier molecular flexibility index (Phi) is 6.14. The number of hydrogen-bond acceptors (Lipinski definition) is 3. The average Bonchev–Trinajstić information content (AvgIpc) is 2.51.